The van der Waals surface area contributed by atoms with E-state index in [9.17, 15) is 0 Å². The van der Waals surface area contributed by atoms with Crippen molar-refractivity contribution in [3.8, 4) is 17.3 Å². The Balaban J connectivity index is 1.11. The summed E-state index contributed by atoms with van der Waals surface area (Å²) < 4.78 is 8.92. The third kappa shape index (κ3) is 6.53. The molecular formula is C49H50N4O. The first kappa shape index (κ1) is 35.2. The molecule has 54 heavy (non-hydrogen) atoms. The van der Waals surface area contributed by atoms with Crippen molar-refractivity contribution in [3.63, 3.8) is 0 Å². The maximum Gasteiger partial charge on any atom is 0.137 e. The second-order valence-corrected chi connectivity index (χ2v) is 17.1. The second-order valence-electron chi connectivity index (χ2n) is 17.1. The Bertz CT molecular complexity index is 2510. The summed E-state index contributed by atoms with van der Waals surface area (Å²) in [4.78, 5) is 9.64. The Morgan fingerprint density at radius 1 is 0.537 bits per heavy atom. The van der Waals surface area contributed by atoms with E-state index in [1.165, 1.54) is 38.8 Å². The monoisotopic (exact) mass is 710 g/mol. The number of fused-ring (bicyclic) bond motifs is 3. The van der Waals surface area contributed by atoms with Crippen LogP contribution in [0, 0.1) is 5.41 Å². The summed E-state index contributed by atoms with van der Waals surface area (Å²) in [5.74, 6) is 2.47. The van der Waals surface area contributed by atoms with E-state index in [1.807, 2.05) is 12.3 Å². The van der Waals surface area contributed by atoms with E-state index in [4.69, 9.17) is 9.72 Å². The molecule has 0 amide bonds. The average molecular weight is 711 g/mol. The minimum atomic E-state index is -0.127. The largest absolute Gasteiger partial charge is 0.457 e. The molecule has 1 aliphatic heterocycles. The van der Waals surface area contributed by atoms with Gasteiger partial charge in [-0.25, -0.2) is 4.98 Å². The number of nitrogens with zero attached hydrogens (tertiary/aromatic N) is 4. The van der Waals surface area contributed by atoms with Crippen molar-refractivity contribution in [3.05, 3.63) is 168 Å². The molecule has 0 saturated heterocycles. The van der Waals surface area contributed by atoms with Gasteiger partial charge in [-0.1, -0.05) is 122 Å². The van der Waals surface area contributed by atoms with E-state index in [2.05, 4.69) is 203 Å². The van der Waals surface area contributed by atoms with Gasteiger partial charge >= 0.3 is 0 Å². The first-order valence-corrected chi connectivity index (χ1v) is 19.0. The van der Waals surface area contributed by atoms with Crippen LogP contribution in [0.5, 0.6) is 11.5 Å². The van der Waals surface area contributed by atoms with E-state index < -0.39 is 0 Å². The predicted octanol–water partition coefficient (Wildman–Crippen LogP) is 12.8. The van der Waals surface area contributed by atoms with E-state index in [0.29, 0.717) is 6.67 Å². The number of rotatable bonds is 7. The van der Waals surface area contributed by atoms with Gasteiger partial charge in [0.05, 0.1) is 17.7 Å². The molecule has 0 fully saturated rings. The van der Waals surface area contributed by atoms with Crippen molar-refractivity contribution in [2.24, 2.45) is 5.41 Å². The first-order valence-electron chi connectivity index (χ1n) is 19.0. The zero-order valence-electron chi connectivity index (χ0n) is 32.8. The van der Waals surface area contributed by atoms with Gasteiger partial charge in [-0.3, -0.25) is 4.57 Å². The van der Waals surface area contributed by atoms with Crippen molar-refractivity contribution < 1.29 is 4.74 Å². The molecule has 0 unspecified atom stereocenters. The Labute approximate surface area is 320 Å². The summed E-state index contributed by atoms with van der Waals surface area (Å²) in [7, 11) is 0. The number of allylic oxidation sites excluding steroid dienone is 1. The molecule has 2 aromatic heterocycles. The number of hydrogen-bond acceptors (Lipinski definition) is 4. The third-order valence-electron chi connectivity index (χ3n) is 10.9. The highest BCUT2D eigenvalue weighted by Gasteiger charge is 2.32. The van der Waals surface area contributed by atoms with E-state index >= 15 is 0 Å². The SMILES string of the molecule is CC(C)(C)C1=CN(c2cccc(Oc3ccc4c5ccccc5n(-c5cc(C(C)(C)C)ccn5)c4c3)c2)CN1c1cccc(C(C)(C)c2ccccc2)c1. The zero-order chi connectivity index (χ0) is 37.8. The van der Waals surface area contributed by atoms with Gasteiger partial charge in [0.15, 0.2) is 0 Å². The van der Waals surface area contributed by atoms with Crippen molar-refractivity contribution >= 4 is 33.2 Å². The van der Waals surface area contributed by atoms with Gasteiger partial charge in [-0.15, -0.1) is 0 Å². The van der Waals surface area contributed by atoms with E-state index in [1.54, 1.807) is 0 Å². The van der Waals surface area contributed by atoms with Crippen LogP contribution < -0.4 is 14.5 Å². The van der Waals surface area contributed by atoms with Crippen LogP contribution in [-0.4, -0.2) is 16.2 Å². The summed E-state index contributed by atoms with van der Waals surface area (Å²) >= 11 is 0. The molecule has 5 heteroatoms. The normalized spacial score (nSPS) is 13.9. The lowest BCUT2D eigenvalue weighted by molar-refractivity contribution is 0.483. The maximum atomic E-state index is 6.66. The number of pyridine rings is 1. The minimum Gasteiger partial charge on any atom is -0.457 e. The Kier molecular flexibility index (Phi) is 8.64. The lowest BCUT2D eigenvalue weighted by atomic mass is 9.78. The topological polar surface area (TPSA) is 33.5 Å². The fraction of sp³-hybridized carbons (Fsp3) is 0.245. The quantitative estimate of drug-likeness (QED) is 0.165. The molecule has 1 aliphatic rings. The molecule has 8 rings (SSSR count). The molecule has 0 saturated carbocycles. The van der Waals surface area contributed by atoms with E-state index in [-0.39, 0.29) is 16.2 Å². The van der Waals surface area contributed by atoms with Crippen molar-refractivity contribution in [1.29, 1.82) is 0 Å². The van der Waals surface area contributed by atoms with Crippen LogP contribution in [0.15, 0.2) is 152 Å². The van der Waals surface area contributed by atoms with Gasteiger partial charge in [0.25, 0.3) is 0 Å². The van der Waals surface area contributed by atoms with Gasteiger partial charge in [0, 0.05) is 63.2 Å². The van der Waals surface area contributed by atoms with Crippen LogP contribution in [0.2, 0.25) is 0 Å². The maximum absolute atomic E-state index is 6.66. The fourth-order valence-electron chi connectivity index (χ4n) is 7.68. The van der Waals surface area contributed by atoms with Crippen LogP contribution in [0.4, 0.5) is 11.4 Å². The lowest BCUT2D eigenvalue weighted by Gasteiger charge is -2.32. The minimum absolute atomic E-state index is 0.00820. The molecule has 0 radical (unpaired) electrons. The zero-order valence-corrected chi connectivity index (χ0v) is 32.8. The molecule has 0 spiro atoms. The second kappa shape index (κ2) is 13.2. The molecule has 0 atom stereocenters. The number of hydrogen-bond donors (Lipinski definition) is 0. The Morgan fingerprint density at radius 3 is 2.00 bits per heavy atom. The van der Waals surface area contributed by atoms with Crippen LogP contribution in [-0.2, 0) is 10.8 Å². The summed E-state index contributed by atoms with van der Waals surface area (Å²) in [5, 5.41) is 2.36. The first-order chi connectivity index (χ1) is 25.8. The molecular weight excluding hydrogens is 661 g/mol. The number of aromatic nitrogens is 2. The summed E-state index contributed by atoms with van der Waals surface area (Å²) in [6, 6.07) is 47.5. The van der Waals surface area contributed by atoms with Gasteiger partial charge in [-0.2, -0.15) is 0 Å². The van der Waals surface area contributed by atoms with Crippen LogP contribution >= 0.6 is 0 Å². The number of anilines is 2. The number of benzene rings is 5. The Morgan fingerprint density at radius 2 is 1.22 bits per heavy atom. The third-order valence-corrected chi connectivity index (χ3v) is 10.9. The average Bonchev–Trinajstić information content (AvgIpc) is 3.76. The standard InChI is InChI=1S/C49H50N4O/c1-47(2,3)35-26-27-50-46(29-35)53-43-23-13-12-22-41(43)42-25-24-40(31-44(42)53)54-39-21-15-19-37(30-39)51-32-45(48(4,5)6)52(33-51)38-20-14-18-36(28-38)49(7,8)34-16-10-9-11-17-34/h9-32H,33H2,1-8H3. The van der Waals surface area contributed by atoms with Gasteiger partial charge in [0.2, 0.25) is 0 Å². The van der Waals surface area contributed by atoms with Gasteiger partial charge in [0.1, 0.15) is 17.3 Å². The van der Waals surface area contributed by atoms with Gasteiger partial charge in [-0.05, 0) is 76.7 Å². The summed E-state index contributed by atoms with van der Waals surface area (Å²) in [5.41, 5.74) is 9.39. The van der Waals surface area contributed by atoms with E-state index in [0.717, 1.165) is 34.0 Å². The molecule has 5 nitrogen and oxygen atoms in total. The van der Waals surface area contributed by atoms with Crippen molar-refractivity contribution in [2.45, 2.75) is 66.2 Å². The molecule has 0 N–H and O–H groups in total. The molecule has 272 valence electrons. The number of para-hydroxylation sites is 1. The fourth-order valence-corrected chi connectivity index (χ4v) is 7.68. The predicted molar refractivity (Wildman–Crippen MR) is 226 cm³/mol. The Hall–Kier alpha value is -5.81. The highest BCUT2D eigenvalue weighted by atomic mass is 16.5. The molecule has 0 aliphatic carbocycles. The van der Waals surface area contributed by atoms with Crippen molar-refractivity contribution in [2.75, 3.05) is 16.5 Å². The smallest absolute Gasteiger partial charge is 0.137 e. The highest BCUT2D eigenvalue weighted by molar-refractivity contribution is 6.09. The summed E-state index contributed by atoms with van der Waals surface area (Å²) in [6.07, 6.45) is 4.22. The number of ether oxygens (including phenoxy) is 1. The molecule has 3 heterocycles. The van der Waals surface area contributed by atoms with Gasteiger partial charge < -0.3 is 14.5 Å². The molecule has 7 aromatic rings. The lowest BCUT2D eigenvalue weighted by Crippen LogP contribution is -2.31. The summed E-state index contributed by atoms with van der Waals surface area (Å²) in [6.45, 7) is 18.9. The van der Waals surface area contributed by atoms with Crippen molar-refractivity contribution in [1.82, 2.24) is 9.55 Å². The molecule has 0 bridgehead atoms. The van der Waals surface area contributed by atoms with Crippen LogP contribution in [0.25, 0.3) is 27.6 Å². The highest BCUT2D eigenvalue weighted by Crippen LogP contribution is 2.41. The molecule has 5 aromatic carbocycles. The van der Waals surface area contributed by atoms with Crippen LogP contribution in [0.3, 0.4) is 0 Å². The van der Waals surface area contributed by atoms with Crippen LogP contribution in [0.1, 0.15) is 72.1 Å².